The van der Waals surface area contributed by atoms with Gasteiger partial charge in [0.15, 0.2) is 0 Å². The molecule has 3 nitrogen and oxygen atoms in total. The molecule has 0 atom stereocenters. The Bertz CT molecular complexity index is 1550. The molecule has 1 aromatic heterocycles. The van der Waals surface area contributed by atoms with Crippen molar-refractivity contribution in [1.82, 2.24) is 4.57 Å². The van der Waals surface area contributed by atoms with Crippen LogP contribution in [0.4, 0.5) is 0 Å². The summed E-state index contributed by atoms with van der Waals surface area (Å²) in [6.45, 7) is 0.470. The van der Waals surface area contributed by atoms with Crippen LogP contribution in [-0.4, -0.2) is 10.5 Å². The average molecular weight is 514 g/mol. The first-order valence-corrected chi connectivity index (χ1v) is 11.6. The number of nitrogens with zero attached hydrogens (tertiary/aromatic N) is 1. The van der Waals surface area contributed by atoms with Crippen molar-refractivity contribution in [2.75, 3.05) is 0 Å². The molecule has 0 bridgehead atoms. The number of halogens is 4. The van der Waals surface area contributed by atoms with Crippen LogP contribution in [0.15, 0.2) is 72.8 Å². The number of fused-ring (bicyclic) bond motifs is 3. The number of benzene rings is 4. The largest absolute Gasteiger partial charge is 0.366 e. The van der Waals surface area contributed by atoms with Crippen molar-refractivity contribution < 1.29 is 4.79 Å². The van der Waals surface area contributed by atoms with Gasteiger partial charge in [-0.3, -0.25) is 4.79 Å². The van der Waals surface area contributed by atoms with Gasteiger partial charge in [0.25, 0.3) is 0 Å². The van der Waals surface area contributed by atoms with Crippen molar-refractivity contribution in [2.24, 2.45) is 5.73 Å². The van der Waals surface area contributed by atoms with E-state index in [1.807, 2.05) is 42.5 Å². The van der Waals surface area contributed by atoms with E-state index in [2.05, 4.69) is 4.57 Å². The summed E-state index contributed by atoms with van der Waals surface area (Å²) in [5, 5.41) is 3.94. The Balaban J connectivity index is 1.83. The van der Waals surface area contributed by atoms with Crippen molar-refractivity contribution in [1.29, 1.82) is 0 Å². The molecule has 0 spiro atoms. The van der Waals surface area contributed by atoms with Gasteiger partial charge >= 0.3 is 0 Å². The van der Waals surface area contributed by atoms with Crippen LogP contribution in [0.2, 0.25) is 20.1 Å². The Morgan fingerprint density at radius 1 is 0.788 bits per heavy atom. The van der Waals surface area contributed by atoms with E-state index in [0.717, 1.165) is 38.5 Å². The summed E-state index contributed by atoms with van der Waals surface area (Å²) < 4.78 is 2.11. The van der Waals surface area contributed by atoms with E-state index in [1.165, 1.54) is 0 Å². The molecule has 4 aromatic carbocycles. The monoisotopic (exact) mass is 512 g/mol. The number of carbonyl (C=O) groups is 1. The molecule has 1 amide bonds. The first kappa shape index (κ1) is 22.1. The highest BCUT2D eigenvalue weighted by Crippen LogP contribution is 2.39. The normalized spacial score (nSPS) is 11.4. The van der Waals surface area contributed by atoms with E-state index < -0.39 is 5.91 Å². The Kier molecular flexibility index (Phi) is 5.75. The van der Waals surface area contributed by atoms with E-state index in [4.69, 9.17) is 52.1 Å². The van der Waals surface area contributed by atoms with E-state index >= 15 is 0 Å². The number of hydrogen-bond acceptors (Lipinski definition) is 1. The van der Waals surface area contributed by atoms with Crippen molar-refractivity contribution >= 4 is 74.1 Å². The van der Waals surface area contributed by atoms with Gasteiger partial charge in [0.1, 0.15) is 0 Å². The SMILES string of the molecule is NC(=O)c1cccc2c1c1ccc(-c3c(Cl)cccc3Cl)cc1n2Cc1ccc(Cl)cc1Cl. The molecule has 0 aliphatic rings. The van der Waals surface area contributed by atoms with Crippen molar-refractivity contribution in [3.8, 4) is 11.1 Å². The highest BCUT2D eigenvalue weighted by Gasteiger charge is 2.19. The predicted molar refractivity (Wildman–Crippen MR) is 139 cm³/mol. The fraction of sp³-hybridized carbons (Fsp3) is 0.0385. The summed E-state index contributed by atoms with van der Waals surface area (Å²) in [6.07, 6.45) is 0. The number of aromatic nitrogens is 1. The second-order valence-electron chi connectivity index (χ2n) is 7.71. The second-order valence-corrected chi connectivity index (χ2v) is 9.37. The fourth-order valence-electron chi connectivity index (χ4n) is 4.27. The minimum Gasteiger partial charge on any atom is -0.366 e. The van der Waals surface area contributed by atoms with Gasteiger partial charge in [-0.05, 0) is 53.6 Å². The molecule has 7 heteroatoms. The smallest absolute Gasteiger partial charge is 0.249 e. The standard InChI is InChI=1S/C26H16Cl4N2O/c27-16-9-7-15(21(30)12-16)13-32-22-6-1-3-18(26(31)33)25(22)17-10-8-14(11-23(17)32)24-19(28)4-2-5-20(24)29/h1-12H,13H2,(H2,31,33). The summed E-state index contributed by atoms with van der Waals surface area (Å²) in [7, 11) is 0. The summed E-state index contributed by atoms with van der Waals surface area (Å²) in [4.78, 5) is 12.2. The minimum absolute atomic E-state index is 0.460. The number of rotatable bonds is 4. The zero-order valence-electron chi connectivity index (χ0n) is 17.1. The summed E-state index contributed by atoms with van der Waals surface area (Å²) in [5.41, 5.74) is 10.5. The van der Waals surface area contributed by atoms with Gasteiger partial charge in [0, 0.05) is 48.5 Å². The van der Waals surface area contributed by atoms with E-state index in [1.54, 1.807) is 30.3 Å². The molecule has 33 heavy (non-hydrogen) atoms. The van der Waals surface area contributed by atoms with Gasteiger partial charge in [-0.15, -0.1) is 0 Å². The van der Waals surface area contributed by atoms with E-state index in [9.17, 15) is 4.79 Å². The first-order valence-electron chi connectivity index (χ1n) is 10.1. The van der Waals surface area contributed by atoms with Crippen LogP contribution in [0.3, 0.4) is 0 Å². The van der Waals surface area contributed by atoms with Gasteiger partial charge < -0.3 is 10.3 Å². The lowest BCUT2D eigenvalue weighted by molar-refractivity contribution is 0.100. The number of primary amides is 1. The molecular formula is C26H16Cl4N2O. The predicted octanol–water partition coefficient (Wildman–Crippen LogP) is 8.22. The molecule has 0 fully saturated rings. The Morgan fingerprint density at radius 3 is 2.21 bits per heavy atom. The van der Waals surface area contributed by atoms with Crippen LogP contribution in [-0.2, 0) is 6.54 Å². The van der Waals surface area contributed by atoms with Gasteiger partial charge in [0.2, 0.25) is 5.91 Å². The Labute approximate surface area is 210 Å². The third-order valence-electron chi connectivity index (χ3n) is 5.75. The molecule has 0 aliphatic carbocycles. The van der Waals surface area contributed by atoms with Crippen LogP contribution in [0, 0.1) is 0 Å². The maximum atomic E-state index is 12.2. The van der Waals surface area contributed by atoms with Crippen LogP contribution in [0.1, 0.15) is 15.9 Å². The maximum Gasteiger partial charge on any atom is 0.249 e. The topological polar surface area (TPSA) is 48.0 Å². The molecular weight excluding hydrogens is 498 g/mol. The lowest BCUT2D eigenvalue weighted by Crippen LogP contribution is -2.11. The zero-order chi connectivity index (χ0) is 23.3. The van der Waals surface area contributed by atoms with Crippen LogP contribution < -0.4 is 5.73 Å². The summed E-state index contributed by atoms with van der Waals surface area (Å²) >= 11 is 25.6. The van der Waals surface area contributed by atoms with Gasteiger partial charge in [-0.25, -0.2) is 0 Å². The lowest BCUT2D eigenvalue weighted by atomic mass is 10.0. The van der Waals surface area contributed by atoms with Crippen LogP contribution in [0.25, 0.3) is 32.9 Å². The summed E-state index contributed by atoms with van der Waals surface area (Å²) in [5.74, 6) is -0.484. The molecule has 5 rings (SSSR count). The summed E-state index contributed by atoms with van der Waals surface area (Å²) in [6, 6.07) is 22.3. The van der Waals surface area contributed by atoms with Crippen LogP contribution in [0.5, 0.6) is 0 Å². The zero-order valence-corrected chi connectivity index (χ0v) is 20.1. The van der Waals surface area contributed by atoms with Gasteiger partial charge in [-0.1, -0.05) is 76.7 Å². The number of hydrogen-bond donors (Lipinski definition) is 1. The third-order valence-corrected chi connectivity index (χ3v) is 6.97. The molecule has 1 heterocycles. The molecule has 164 valence electrons. The van der Waals surface area contributed by atoms with E-state index in [0.29, 0.717) is 32.2 Å². The fourth-order valence-corrected chi connectivity index (χ4v) is 5.35. The highest BCUT2D eigenvalue weighted by atomic mass is 35.5. The molecule has 2 N–H and O–H groups in total. The van der Waals surface area contributed by atoms with Crippen molar-refractivity contribution in [3.05, 3.63) is 104 Å². The molecule has 0 saturated heterocycles. The van der Waals surface area contributed by atoms with Crippen LogP contribution >= 0.6 is 46.4 Å². The average Bonchev–Trinajstić information content (AvgIpc) is 3.08. The molecule has 0 unspecified atom stereocenters. The van der Waals surface area contributed by atoms with E-state index in [-0.39, 0.29) is 0 Å². The maximum absolute atomic E-state index is 12.2. The number of amides is 1. The number of nitrogens with two attached hydrogens (primary N) is 1. The minimum atomic E-state index is -0.484. The van der Waals surface area contributed by atoms with Crippen molar-refractivity contribution in [2.45, 2.75) is 6.54 Å². The molecule has 5 aromatic rings. The molecule has 0 radical (unpaired) electrons. The third kappa shape index (κ3) is 3.85. The quantitative estimate of drug-likeness (QED) is 0.258. The first-order chi connectivity index (χ1) is 15.8. The molecule has 0 saturated carbocycles. The Morgan fingerprint density at radius 2 is 1.52 bits per heavy atom. The highest BCUT2D eigenvalue weighted by molar-refractivity contribution is 6.39. The number of carbonyl (C=O) groups excluding carboxylic acids is 1. The second kappa shape index (κ2) is 8.58. The lowest BCUT2D eigenvalue weighted by Gasteiger charge is -2.12. The molecule has 0 aliphatic heterocycles. The van der Waals surface area contributed by atoms with Gasteiger partial charge in [0.05, 0.1) is 11.0 Å². The van der Waals surface area contributed by atoms with Crippen molar-refractivity contribution in [3.63, 3.8) is 0 Å². The van der Waals surface area contributed by atoms with Gasteiger partial charge in [-0.2, -0.15) is 0 Å². The Hall–Kier alpha value is -2.69.